The average Bonchev–Trinajstić information content (AvgIpc) is 2.35. The van der Waals surface area contributed by atoms with Gasteiger partial charge in [0.25, 0.3) is 5.91 Å². The van der Waals surface area contributed by atoms with E-state index in [0.29, 0.717) is 17.9 Å². The molecule has 0 fully saturated rings. The Hall–Kier alpha value is -1.71. The van der Waals surface area contributed by atoms with Crippen molar-refractivity contribution < 1.29 is 14.3 Å². The summed E-state index contributed by atoms with van der Waals surface area (Å²) in [6, 6.07) is 7.32. The number of para-hydroxylation sites is 2. The van der Waals surface area contributed by atoms with E-state index in [0.717, 1.165) is 0 Å². The third-order valence-electron chi connectivity index (χ3n) is 2.43. The molecular weight excluding hydrogens is 218 g/mol. The Morgan fingerprint density at radius 2 is 1.88 bits per heavy atom. The number of amides is 1. The highest BCUT2D eigenvalue weighted by molar-refractivity contribution is 5.80. The number of carbonyl (C=O) groups excluding carboxylic acids is 1. The van der Waals surface area contributed by atoms with Crippen LogP contribution in [0.4, 0.5) is 0 Å². The molecule has 0 bridgehead atoms. The van der Waals surface area contributed by atoms with Crippen LogP contribution >= 0.6 is 0 Å². The van der Waals surface area contributed by atoms with Crippen LogP contribution in [0, 0.1) is 0 Å². The van der Waals surface area contributed by atoms with Gasteiger partial charge in [0.2, 0.25) is 0 Å². The Kier molecular flexibility index (Phi) is 4.82. The fraction of sp³-hybridized carbons (Fsp3) is 0.462. The number of likely N-dealkylation sites (N-methyl/N-ethyl adjacent to an activating group) is 1. The molecule has 94 valence electrons. The maximum absolute atomic E-state index is 11.8. The van der Waals surface area contributed by atoms with Crippen LogP contribution in [0.1, 0.15) is 13.3 Å². The molecule has 0 saturated carbocycles. The van der Waals surface area contributed by atoms with Gasteiger partial charge in [-0.2, -0.15) is 0 Å². The molecule has 17 heavy (non-hydrogen) atoms. The van der Waals surface area contributed by atoms with E-state index in [4.69, 9.17) is 9.47 Å². The van der Waals surface area contributed by atoms with E-state index >= 15 is 0 Å². The van der Waals surface area contributed by atoms with Crippen molar-refractivity contribution in [3.63, 3.8) is 0 Å². The highest BCUT2D eigenvalue weighted by atomic mass is 16.5. The lowest BCUT2D eigenvalue weighted by Gasteiger charge is -2.21. The van der Waals surface area contributed by atoms with E-state index in [1.165, 1.54) is 4.90 Å². The number of methoxy groups -OCH3 is 1. The summed E-state index contributed by atoms with van der Waals surface area (Å²) in [7, 11) is 5.02. The van der Waals surface area contributed by atoms with Crippen LogP contribution in [0.5, 0.6) is 11.5 Å². The maximum atomic E-state index is 11.8. The molecule has 0 spiro atoms. The van der Waals surface area contributed by atoms with E-state index in [1.54, 1.807) is 27.3 Å². The molecule has 0 N–H and O–H groups in total. The van der Waals surface area contributed by atoms with Crippen molar-refractivity contribution in [3.05, 3.63) is 24.3 Å². The standard InChI is InChI=1S/C13H19NO3/c1-5-10(13(15)14(2)3)17-12-9-7-6-8-11(12)16-4/h6-10H,5H2,1-4H3/t10-/m0/s1. The van der Waals surface area contributed by atoms with Gasteiger partial charge in [-0.1, -0.05) is 19.1 Å². The zero-order valence-corrected chi connectivity index (χ0v) is 10.8. The Balaban J connectivity index is 2.84. The molecular formula is C13H19NO3. The van der Waals surface area contributed by atoms with Gasteiger partial charge in [-0.05, 0) is 18.6 Å². The SMILES string of the molecule is CC[C@H](Oc1ccccc1OC)C(=O)N(C)C. The van der Waals surface area contributed by atoms with E-state index in [9.17, 15) is 4.79 Å². The molecule has 1 aromatic carbocycles. The lowest BCUT2D eigenvalue weighted by Crippen LogP contribution is -2.37. The summed E-state index contributed by atoms with van der Waals surface area (Å²) in [6.45, 7) is 1.92. The van der Waals surface area contributed by atoms with Crippen molar-refractivity contribution in [3.8, 4) is 11.5 Å². The van der Waals surface area contributed by atoms with Gasteiger partial charge in [-0.15, -0.1) is 0 Å². The smallest absolute Gasteiger partial charge is 0.263 e. The first-order valence-corrected chi connectivity index (χ1v) is 5.61. The Morgan fingerprint density at radius 3 is 2.35 bits per heavy atom. The lowest BCUT2D eigenvalue weighted by molar-refractivity contribution is -0.136. The van der Waals surface area contributed by atoms with Gasteiger partial charge in [0.1, 0.15) is 0 Å². The summed E-state index contributed by atoms with van der Waals surface area (Å²) in [6.07, 6.45) is 0.149. The number of benzene rings is 1. The van der Waals surface area contributed by atoms with Crippen LogP contribution in [-0.2, 0) is 4.79 Å². The minimum atomic E-state index is -0.471. The summed E-state index contributed by atoms with van der Waals surface area (Å²) < 4.78 is 10.9. The topological polar surface area (TPSA) is 38.8 Å². The van der Waals surface area contributed by atoms with Gasteiger partial charge in [-0.3, -0.25) is 4.79 Å². The fourth-order valence-electron chi connectivity index (χ4n) is 1.47. The van der Waals surface area contributed by atoms with Crippen LogP contribution in [0.2, 0.25) is 0 Å². The highest BCUT2D eigenvalue weighted by Crippen LogP contribution is 2.27. The molecule has 1 aromatic rings. The number of rotatable bonds is 5. The van der Waals surface area contributed by atoms with E-state index in [2.05, 4.69) is 0 Å². The number of hydrogen-bond donors (Lipinski definition) is 0. The number of carbonyl (C=O) groups is 1. The maximum Gasteiger partial charge on any atom is 0.263 e. The molecule has 0 aromatic heterocycles. The summed E-state index contributed by atoms with van der Waals surface area (Å²) in [5, 5.41) is 0. The molecule has 0 aliphatic rings. The monoisotopic (exact) mass is 237 g/mol. The highest BCUT2D eigenvalue weighted by Gasteiger charge is 2.21. The first kappa shape index (κ1) is 13.4. The van der Waals surface area contributed by atoms with Gasteiger partial charge in [0, 0.05) is 14.1 Å². The summed E-state index contributed by atoms with van der Waals surface area (Å²) >= 11 is 0. The fourth-order valence-corrected chi connectivity index (χ4v) is 1.47. The van der Waals surface area contributed by atoms with Gasteiger partial charge >= 0.3 is 0 Å². The van der Waals surface area contributed by atoms with Crippen molar-refractivity contribution in [1.82, 2.24) is 4.90 Å². The zero-order chi connectivity index (χ0) is 12.8. The summed E-state index contributed by atoms with van der Waals surface area (Å²) in [5.41, 5.74) is 0. The first-order valence-electron chi connectivity index (χ1n) is 5.61. The first-order chi connectivity index (χ1) is 8.10. The number of nitrogens with zero attached hydrogens (tertiary/aromatic N) is 1. The Morgan fingerprint density at radius 1 is 1.29 bits per heavy atom. The lowest BCUT2D eigenvalue weighted by atomic mass is 10.2. The van der Waals surface area contributed by atoms with Gasteiger partial charge < -0.3 is 14.4 Å². The van der Waals surface area contributed by atoms with Crippen molar-refractivity contribution in [2.75, 3.05) is 21.2 Å². The molecule has 0 saturated heterocycles. The van der Waals surface area contributed by atoms with Crippen LogP contribution < -0.4 is 9.47 Å². The van der Waals surface area contributed by atoms with Crippen molar-refractivity contribution in [2.24, 2.45) is 0 Å². The van der Waals surface area contributed by atoms with Crippen LogP contribution in [-0.4, -0.2) is 38.1 Å². The Labute approximate surface area is 102 Å². The largest absolute Gasteiger partial charge is 0.493 e. The second kappa shape index (κ2) is 6.13. The molecule has 0 unspecified atom stereocenters. The molecule has 0 aliphatic heterocycles. The Bertz CT molecular complexity index is 377. The van der Waals surface area contributed by atoms with Gasteiger partial charge in [0.15, 0.2) is 17.6 Å². The minimum absolute atomic E-state index is 0.0431. The van der Waals surface area contributed by atoms with Crippen molar-refractivity contribution in [1.29, 1.82) is 0 Å². The van der Waals surface area contributed by atoms with Crippen molar-refractivity contribution in [2.45, 2.75) is 19.4 Å². The second-order valence-corrected chi connectivity index (χ2v) is 3.90. The third-order valence-corrected chi connectivity index (χ3v) is 2.43. The normalized spacial score (nSPS) is 11.8. The quantitative estimate of drug-likeness (QED) is 0.785. The molecule has 0 radical (unpaired) electrons. The summed E-state index contributed by atoms with van der Waals surface area (Å²) in [5.74, 6) is 1.19. The predicted molar refractivity (Wildman–Crippen MR) is 66.4 cm³/mol. The summed E-state index contributed by atoms with van der Waals surface area (Å²) in [4.78, 5) is 13.4. The van der Waals surface area contributed by atoms with Crippen LogP contribution in [0.15, 0.2) is 24.3 Å². The molecule has 1 rings (SSSR count). The molecule has 1 amide bonds. The van der Waals surface area contributed by atoms with E-state index in [-0.39, 0.29) is 5.91 Å². The number of ether oxygens (including phenoxy) is 2. The minimum Gasteiger partial charge on any atom is -0.493 e. The van der Waals surface area contributed by atoms with Gasteiger partial charge in [0.05, 0.1) is 7.11 Å². The zero-order valence-electron chi connectivity index (χ0n) is 10.8. The molecule has 0 heterocycles. The number of hydrogen-bond acceptors (Lipinski definition) is 3. The molecule has 1 atom stereocenters. The molecule has 4 nitrogen and oxygen atoms in total. The van der Waals surface area contributed by atoms with E-state index < -0.39 is 6.10 Å². The average molecular weight is 237 g/mol. The molecule has 0 aliphatic carbocycles. The van der Waals surface area contributed by atoms with Crippen LogP contribution in [0.3, 0.4) is 0 Å². The third kappa shape index (κ3) is 3.37. The van der Waals surface area contributed by atoms with Crippen molar-refractivity contribution >= 4 is 5.91 Å². The predicted octanol–water partition coefficient (Wildman–Crippen LogP) is 1.94. The molecule has 4 heteroatoms. The van der Waals surface area contributed by atoms with Gasteiger partial charge in [-0.25, -0.2) is 0 Å². The van der Waals surface area contributed by atoms with Crippen LogP contribution in [0.25, 0.3) is 0 Å². The second-order valence-electron chi connectivity index (χ2n) is 3.90. The van der Waals surface area contributed by atoms with E-state index in [1.807, 2.05) is 25.1 Å².